The molecular weight excluding hydrogens is 935 g/mol. The lowest BCUT2D eigenvalue weighted by molar-refractivity contribution is -0.346. The summed E-state index contributed by atoms with van der Waals surface area (Å²) in [5.74, 6) is -5.25. The third kappa shape index (κ3) is 15.1. The maximum absolute atomic E-state index is 15.1. The summed E-state index contributed by atoms with van der Waals surface area (Å²) in [6.07, 6.45) is 6.44. The van der Waals surface area contributed by atoms with Gasteiger partial charge in [-0.05, 0) is 132 Å². The average molecular weight is 1030 g/mol. The molecule has 4 rings (SSSR count). The molecule has 4 aliphatic rings. The van der Waals surface area contributed by atoms with Gasteiger partial charge >= 0.3 is 5.97 Å². The predicted molar refractivity (Wildman–Crippen MR) is 286 cm³/mol. The van der Waals surface area contributed by atoms with Crippen molar-refractivity contribution < 1.29 is 57.1 Å². The Morgan fingerprint density at radius 3 is 1.97 bits per heavy atom. The van der Waals surface area contributed by atoms with Gasteiger partial charge in [0.15, 0.2) is 22.7 Å². The number of aliphatic hydroxyl groups excluding tert-OH is 1. The van der Waals surface area contributed by atoms with Crippen molar-refractivity contribution in [3.8, 4) is 0 Å². The minimum atomic E-state index is -2.55. The first-order valence-electron chi connectivity index (χ1n) is 26.9. The number of aliphatic hydroxyl groups is 2. The van der Waals surface area contributed by atoms with Crippen molar-refractivity contribution in [3.05, 3.63) is 36.0 Å². The number of esters is 1. The maximum Gasteiger partial charge on any atom is 0.329 e. The Bertz CT molecular complexity index is 1860. The van der Waals surface area contributed by atoms with Gasteiger partial charge < -0.3 is 47.6 Å². The molecule has 2 bridgehead atoms. The number of piperidine rings is 1. The van der Waals surface area contributed by atoms with Crippen LogP contribution in [0.1, 0.15) is 147 Å². The lowest BCUT2D eigenvalue weighted by Crippen LogP contribution is -2.66. The van der Waals surface area contributed by atoms with Gasteiger partial charge in [-0.1, -0.05) is 86.1 Å². The van der Waals surface area contributed by atoms with Crippen molar-refractivity contribution >= 4 is 34.3 Å². The number of ether oxygens (including phenoxy) is 5. The lowest BCUT2D eigenvalue weighted by Gasteiger charge is -2.49. The first kappa shape index (κ1) is 61.5. The van der Waals surface area contributed by atoms with E-state index in [0.717, 1.165) is 30.4 Å². The molecule has 0 aromatic rings. The Balaban J connectivity index is 1.89. The van der Waals surface area contributed by atoms with Gasteiger partial charge in [0.1, 0.15) is 24.0 Å². The molecule has 71 heavy (non-hydrogen) atoms. The van der Waals surface area contributed by atoms with Crippen LogP contribution in [0, 0.1) is 29.6 Å². The molecule has 2 N–H and O–H groups in total. The van der Waals surface area contributed by atoms with Crippen LogP contribution in [0.25, 0.3) is 0 Å². The van der Waals surface area contributed by atoms with Crippen molar-refractivity contribution in [2.24, 2.45) is 29.6 Å². The number of methoxy groups -OCH3 is 3. The molecule has 3 heterocycles. The van der Waals surface area contributed by atoms with E-state index in [1.54, 1.807) is 34.3 Å². The summed E-state index contributed by atoms with van der Waals surface area (Å²) in [7, 11) is 0.274. The Morgan fingerprint density at radius 2 is 1.41 bits per heavy atom. The quantitative estimate of drug-likeness (QED) is 0.115. The lowest BCUT2D eigenvalue weighted by atomic mass is 9.81. The second kappa shape index (κ2) is 25.2. The first-order chi connectivity index (χ1) is 32.9. The molecule has 408 valence electrons. The van der Waals surface area contributed by atoms with E-state index in [9.17, 15) is 19.8 Å². The number of hydrogen-bond donors (Lipinski definition) is 2. The average Bonchev–Trinajstić information content (AvgIpc) is 3.28. The number of hydrogen-bond acceptors (Lipinski definition) is 12. The molecule has 0 spiro atoms. The van der Waals surface area contributed by atoms with Crippen LogP contribution in [0.15, 0.2) is 36.0 Å². The van der Waals surface area contributed by atoms with E-state index in [1.807, 2.05) is 20.8 Å². The number of ketones is 1. The van der Waals surface area contributed by atoms with Gasteiger partial charge in [0, 0.05) is 52.0 Å². The number of nitrogens with zero attached hydrogens (tertiary/aromatic N) is 1. The highest BCUT2D eigenvalue weighted by molar-refractivity contribution is 6.74. The third-order valence-electron chi connectivity index (χ3n) is 17.5. The molecule has 3 aliphatic heterocycles. The van der Waals surface area contributed by atoms with Crippen molar-refractivity contribution in [1.29, 1.82) is 0 Å². The second-order valence-corrected chi connectivity index (χ2v) is 34.6. The zero-order valence-electron chi connectivity index (χ0n) is 47.4. The van der Waals surface area contributed by atoms with Crippen LogP contribution in [0.5, 0.6) is 0 Å². The number of carbonyl (C=O) groups excluding carboxylic acids is 3. The van der Waals surface area contributed by atoms with Gasteiger partial charge in [-0.3, -0.25) is 9.59 Å². The molecule has 2 saturated heterocycles. The van der Waals surface area contributed by atoms with Gasteiger partial charge in [-0.25, -0.2) is 4.79 Å². The highest BCUT2D eigenvalue weighted by Crippen LogP contribution is 2.44. The summed E-state index contributed by atoms with van der Waals surface area (Å²) in [6, 6.07) is -1.05. The molecule has 0 unspecified atom stereocenters. The maximum atomic E-state index is 15.1. The molecule has 0 aromatic carbocycles. The molecule has 0 aromatic heterocycles. The summed E-state index contributed by atoms with van der Waals surface area (Å²) < 4.78 is 45.6. The molecular formula is C56H99NO12Si2. The Morgan fingerprint density at radius 1 is 0.831 bits per heavy atom. The summed E-state index contributed by atoms with van der Waals surface area (Å²) in [5, 5.41) is 24.3. The predicted octanol–water partition coefficient (Wildman–Crippen LogP) is 10.5. The van der Waals surface area contributed by atoms with Crippen LogP contribution in [0.4, 0.5) is 0 Å². The second-order valence-electron chi connectivity index (χ2n) is 25.1. The number of carbonyl (C=O) groups is 3. The normalized spacial score (nSPS) is 37.3. The number of Topliss-reactive ketones (excluding diaryl/α,β-unsaturated/α-hetero) is 1. The molecule has 15 atom stereocenters. The summed E-state index contributed by atoms with van der Waals surface area (Å²) in [6.45, 7) is 36.3. The Kier molecular flexibility index (Phi) is 21.8. The first-order valence-corrected chi connectivity index (χ1v) is 32.7. The Labute approximate surface area is 431 Å². The number of cyclic esters (lactones) is 1. The van der Waals surface area contributed by atoms with Gasteiger partial charge in [0.25, 0.3) is 5.91 Å². The van der Waals surface area contributed by atoms with E-state index in [-0.39, 0.29) is 59.3 Å². The number of amides is 1. The topological polar surface area (TPSA) is 160 Å². The fourth-order valence-corrected chi connectivity index (χ4v) is 13.7. The fourth-order valence-electron chi connectivity index (χ4n) is 10.9. The van der Waals surface area contributed by atoms with Crippen molar-refractivity contribution in [2.45, 2.75) is 244 Å². The van der Waals surface area contributed by atoms with Crippen LogP contribution < -0.4 is 0 Å². The van der Waals surface area contributed by atoms with E-state index < -0.39 is 94.7 Å². The third-order valence-corrected chi connectivity index (χ3v) is 26.5. The minimum Gasteiger partial charge on any atom is -0.456 e. The summed E-state index contributed by atoms with van der Waals surface area (Å²) in [4.78, 5) is 46.1. The van der Waals surface area contributed by atoms with Crippen LogP contribution >= 0.6 is 0 Å². The van der Waals surface area contributed by atoms with Crippen molar-refractivity contribution in [3.63, 3.8) is 0 Å². The van der Waals surface area contributed by atoms with Gasteiger partial charge in [0.05, 0.1) is 30.5 Å². The van der Waals surface area contributed by atoms with Crippen LogP contribution in [0.3, 0.4) is 0 Å². The van der Waals surface area contributed by atoms with Crippen molar-refractivity contribution in [2.75, 3.05) is 27.9 Å². The minimum absolute atomic E-state index is 0.0211. The molecule has 15 heteroatoms. The molecule has 3 fully saturated rings. The molecule has 1 amide bonds. The van der Waals surface area contributed by atoms with Gasteiger partial charge in [0.2, 0.25) is 5.79 Å². The molecule has 0 radical (unpaired) electrons. The number of allylic oxidation sites excluding steroid dienone is 4. The van der Waals surface area contributed by atoms with Crippen LogP contribution in [0.2, 0.25) is 36.3 Å². The number of fused-ring (bicyclic) bond motifs is 3. The van der Waals surface area contributed by atoms with Gasteiger partial charge in [-0.15, -0.1) is 6.58 Å². The summed E-state index contributed by atoms with van der Waals surface area (Å²) in [5.41, 5.74) is 1.86. The van der Waals surface area contributed by atoms with E-state index in [4.69, 9.17) is 32.5 Å². The fraction of sp³-hybridized carbons (Fsp3) is 0.839. The Hall–Kier alpha value is -2.06. The monoisotopic (exact) mass is 1030 g/mol. The molecule has 13 nitrogen and oxygen atoms in total. The van der Waals surface area contributed by atoms with Gasteiger partial charge in [-0.2, -0.15) is 0 Å². The SMILES string of the molecule is C=CC[C@@H]1/C=C(\C)C[C@H](C)C[C@H](OC)[C@H]2O[C@](O)([C@H](C)C[C@@H]2OC)[C@H](O)C(=O)N2CCCC[C@H]2C(=O)O[C@H](/C(C)=C/[C@@H]2CC[C@@H](O[Si](C)(C)C(C)(C)C)[C@H](OC)C2)[C@H](C)[C@@H](O[Si](C)(C)C(C)(C)C)CC1=O. The van der Waals surface area contributed by atoms with Crippen LogP contribution in [-0.4, -0.2) is 138 Å². The smallest absolute Gasteiger partial charge is 0.329 e. The zero-order chi connectivity index (χ0) is 53.6. The van der Waals surface area contributed by atoms with Crippen LogP contribution in [-0.2, 0) is 46.9 Å². The highest BCUT2D eigenvalue weighted by Gasteiger charge is 2.57. The van der Waals surface area contributed by atoms with Crippen molar-refractivity contribution in [1.82, 2.24) is 4.90 Å². The van der Waals surface area contributed by atoms with E-state index >= 15 is 4.79 Å². The van der Waals surface area contributed by atoms with E-state index in [0.29, 0.717) is 38.5 Å². The summed E-state index contributed by atoms with van der Waals surface area (Å²) >= 11 is 0. The standard InChI is InChI=1S/C56H99NO12Si2/c1-20-23-41-29-35(2)28-36(3)30-47(64-14)50-48(65-15)32-38(5)56(62,67-50)51(59)52(60)57-27-22-21-24-42(57)53(61)66-49(39(6)45(34-43(41)58)69-71(18,19)55(10,11)12)37(4)31-40-25-26-44(46(33-40)63-13)68-70(16,17)54(7,8)9/h20,29,31,36,38-42,44-51,59,62H,1,21-28,30,32-34H2,2-19H3/b35-29+,37-31+/t36-,38+,39+,40-,41+,42-,44+,45-,46+,47-,48-,49+,50+,51+,56+/m0/s1. The zero-order valence-corrected chi connectivity index (χ0v) is 49.4. The molecule has 1 aliphatic carbocycles. The van der Waals surface area contributed by atoms with E-state index in [1.165, 1.54) is 4.90 Å². The largest absolute Gasteiger partial charge is 0.456 e. The molecule has 1 saturated carbocycles. The highest BCUT2D eigenvalue weighted by atomic mass is 28.4. The number of rotatable bonds is 11. The van der Waals surface area contributed by atoms with E-state index in [2.05, 4.69) is 93.4 Å².